The van der Waals surface area contributed by atoms with Gasteiger partial charge in [-0.3, -0.25) is 4.79 Å². The van der Waals surface area contributed by atoms with E-state index in [9.17, 15) is 9.18 Å². The lowest BCUT2D eigenvalue weighted by Crippen LogP contribution is -2.41. The first-order valence-corrected chi connectivity index (χ1v) is 9.09. The molecular formula is C19H24FN3O3. The summed E-state index contributed by atoms with van der Waals surface area (Å²) in [6.45, 7) is 4.16. The molecule has 1 saturated heterocycles. The Bertz CT molecular complexity index is 717. The van der Waals surface area contributed by atoms with Gasteiger partial charge < -0.3 is 14.2 Å². The summed E-state index contributed by atoms with van der Waals surface area (Å²) in [5.41, 5.74) is 0.704. The van der Waals surface area contributed by atoms with Gasteiger partial charge in [0, 0.05) is 31.7 Å². The molecule has 1 atom stereocenters. The minimum atomic E-state index is -0.297. The van der Waals surface area contributed by atoms with Crippen LogP contribution in [-0.4, -0.2) is 47.3 Å². The summed E-state index contributed by atoms with van der Waals surface area (Å²) in [6.07, 6.45) is 3.71. The van der Waals surface area contributed by atoms with E-state index < -0.39 is 0 Å². The molecule has 7 heteroatoms. The van der Waals surface area contributed by atoms with Gasteiger partial charge in [0.25, 0.3) is 5.89 Å². The zero-order valence-corrected chi connectivity index (χ0v) is 15.0. The van der Waals surface area contributed by atoms with Crippen LogP contribution in [0.1, 0.15) is 32.0 Å². The molecule has 1 aromatic carbocycles. The maximum atomic E-state index is 13.0. The Kier molecular flexibility index (Phi) is 6.33. The molecule has 2 heterocycles. The second-order valence-electron chi connectivity index (χ2n) is 6.55. The first kappa shape index (κ1) is 18.5. The fraction of sp³-hybridized carbons (Fsp3) is 0.526. The number of amides is 1. The summed E-state index contributed by atoms with van der Waals surface area (Å²) in [6, 6.07) is 5.98. The minimum absolute atomic E-state index is 0.0645. The number of carbonyl (C=O) groups excluding carboxylic acids is 1. The van der Waals surface area contributed by atoms with Gasteiger partial charge >= 0.3 is 0 Å². The summed E-state index contributed by atoms with van der Waals surface area (Å²) in [5, 5.41) is 4.01. The van der Waals surface area contributed by atoms with Crippen LogP contribution in [0.2, 0.25) is 0 Å². The molecule has 1 amide bonds. The van der Waals surface area contributed by atoms with Gasteiger partial charge in [0.2, 0.25) is 5.91 Å². The molecule has 0 saturated carbocycles. The largest absolute Gasteiger partial charge is 0.372 e. The first-order chi connectivity index (χ1) is 12.7. The highest BCUT2D eigenvalue weighted by Gasteiger charge is 2.24. The van der Waals surface area contributed by atoms with Gasteiger partial charge in [-0.1, -0.05) is 5.16 Å². The van der Waals surface area contributed by atoms with E-state index in [1.54, 1.807) is 12.1 Å². The van der Waals surface area contributed by atoms with Crippen molar-refractivity contribution in [3.63, 3.8) is 0 Å². The first-order valence-electron chi connectivity index (χ1n) is 9.09. The number of ether oxygens (including phenoxy) is 1. The normalized spacial score (nSPS) is 17.5. The second-order valence-corrected chi connectivity index (χ2v) is 6.55. The average molecular weight is 361 g/mol. The third kappa shape index (κ3) is 4.88. The molecule has 1 fully saturated rings. The Morgan fingerprint density at radius 2 is 2.19 bits per heavy atom. The van der Waals surface area contributed by atoms with Crippen LogP contribution in [0.3, 0.4) is 0 Å². The number of aryl methyl sites for hydroxylation is 1. The molecule has 0 radical (unpaired) electrons. The third-order valence-corrected chi connectivity index (χ3v) is 4.64. The highest BCUT2D eigenvalue weighted by atomic mass is 19.1. The van der Waals surface area contributed by atoms with Crippen molar-refractivity contribution in [1.29, 1.82) is 0 Å². The van der Waals surface area contributed by atoms with Crippen LogP contribution in [0, 0.1) is 11.7 Å². The molecular weight excluding hydrogens is 337 g/mol. The van der Waals surface area contributed by atoms with Crippen molar-refractivity contribution in [2.24, 2.45) is 5.92 Å². The van der Waals surface area contributed by atoms with E-state index in [2.05, 4.69) is 10.1 Å². The molecule has 3 rings (SSSR count). The van der Waals surface area contributed by atoms with Gasteiger partial charge in [-0.05, 0) is 56.4 Å². The number of halogens is 1. The van der Waals surface area contributed by atoms with E-state index in [0.29, 0.717) is 36.2 Å². The Hall–Kier alpha value is -2.28. The quantitative estimate of drug-likeness (QED) is 0.758. The van der Waals surface area contributed by atoms with Gasteiger partial charge in [-0.25, -0.2) is 4.39 Å². The third-order valence-electron chi connectivity index (χ3n) is 4.64. The fourth-order valence-corrected chi connectivity index (χ4v) is 3.21. The number of carbonyl (C=O) groups is 1. The van der Waals surface area contributed by atoms with Crippen molar-refractivity contribution in [3.8, 4) is 11.5 Å². The van der Waals surface area contributed by atoms with E-state index in [0.717, 1.165) is 32.4 Å². The zero-order chi connectivity index (χ0) is 18.4. The average Bonchev–Trinajstić information content (AvgIpc) is 3.14. The second kappa shape index (κ2) is 8.89. The van der Waals surface area contributed by atoms with Gasteiger partial charge in [-0.15, -0.1) is 0 Å². The SMILES string of the molecule is CCOCC(=O)N1CCCC(CCc2noc(-c3ccc(F)cc3)n2)C1. The topological polar surface area (TPSA) is 68.5 Å². The van der Waals surface area contributed by atoms with Crippen LogP contribution in [-0.2, 0) is 16.0 Å². The Morgan fingerprint density at radius 1 is 1.38 bits per heavy atom. The van der Waals surface area contributed by atoms with Gasteiger partial charge in [0.05, 0.1) is 0 Å². The molecule has 1 aliphatic rings. The molecule has 1 aromatic heterocycles. The number of aromatic nitrogens is 2. The molecule has 140 valence electrons. The van der Waals surface area contributed by atoms with Crippen LogP contribution in [0.5, 0.6) is 0 Å². The number of likely N-dealkylation sites (tertiary alicyclic amines) is 1. The van der Waals surface area contributed by atoms with Crippen LogP contribution >= 0.6 is 0 Å². The van der Waals surface area contributed by atoms with Crippen LogP contribution < -0.4 is 0 Å². The molecule has 0 bridgehead atoms. The van der Waals surface area contributed by atoms with Crippen molar-refractivity contribution in [3.05, 3.63) is 35.9 Å². The number of hydrogen-bond acceptors (Lipinski definition) is 5. The molecule has 6 nitrogen and oxygen atoms in total. The molecule has 2 aromatic rings. The summed E-state index contributed by atoms with van der Waals surface area (Å²) < 4.78 is 23.5. The number of nitrogens with zero attached hydrogens (tertiary/aromatic N) is 3. The number of rotatable bonds is 7. The Labute approximate surface area is 152 Å². The van der Waals surface area contributed by atoms with Crippen molar-refractivity contribution in [2.75, 3.05) is 26.3 Å². The van der Waals surface area contributed by atoms with Gasteiger partial charge in [-0.2, -0.15) is 4.98 Å². The molecule has 0 spiro atoms. The standard InChI is InChI=1S/C19H24FN3O3/c1-2-25-13-18(24)23-11-3-4-14(12-23)5-10-17-21-19(26-22-17)15-6-8-16(20)9-7-15/h6-9,14H,2-5,10-13H2,1H3. The molecule has 1 unspecified atom stereocenters. The lowest BCUT2D eigenvalue weighted by Gasteiger charge is -2.32. The summed E-state index contributed by atoms with van der Waals surface area (Å²) in [5.74, 6) is 1.24. The highest BCUT2D eigenvalue weighted by molar-refractivity contribution is 5.77. The minimum Gasteiger partial charge on any atom is -0.372 e. The summed E-state index contributed by atoms with van der Waals surface area (Å²) in [4.78, 5) is 18.4. The van der Waals surface area contributed by atoms with Crippen molar-refractivity contribution in [2.45, 2.75) is 32.6 Å². The summed E-state index contributed by atoms with van der Waals surface area (Å²) >= 11 is 0. The molecule has 1 aliphatic heterocycles. The number of hydrogen-bond donors (Lipinski definition) is 0. The van der Waals surface area contributed by atoms with E-state index in [1.165, 1.54) is 12.1 Å². The van der Waals surface area contributed by atoms with E-state index in [-0.39, 0.29) is 18.3 Å². The number of piperidine rings is 1. The highest BCUT2D eigenvalue weighted by Crippen LogP contribution is 2.22. The van der Waals surface area contributed by atoms with Crippen LogP contribution in [0.4, 0.5) is 4.39 Å². The van der Waals surface area contributed by atoms with Crippen molar-refractivity contribution in [1.82, 2.24) is 15.0 Å². The maximum absolute atomic E-state index is 13.0. The predicted octanol–water partition coefficient (Wildman–Crippen LogP) is 3.08. The Balaban J connectivity index is 1.51. The van der Waals surface area contributed by atoms with Crippen LogP contribution in [0.15, 0.2) is 28.8 Å². The Morgan fingerprint density at radius 3 is 2.96 bits per heavy atom. The predicted molar refractivity (Wildman–Crippen MR) is 93.8 cm³/mol. The summed E-state index contributed by atoms with van der Waals surface area (Å²) in [7, 11) is 0. The lowest BCUT2D eigenvalue weighted by molar-refractivity contribution is -0.137. The van der Waals surface area contributed by atoms with E-state index in [4.69, 9.17) is 9.26 Å². The molecule has 0 aliphatic carbocycles. The van der Waals surface area contributed by atoms with Gasteiger partial charge in [0.1, 0.15) is 12.4 Å². The lowest BCUT2D eigenvalue weighted by atomic mass is 9.93. The molecule has 26 heavy (non-hydrogen) atoms. The smallest absolute Gasteiger partial charge is 0.257 e. The van der Waals surface area contributed by atoms with E-state index in [1.807, 2.05) is 11.8 Å². The van der Waals surface area contributed by atoms with Gasteiger partial charge in [0.15, 0.2) is 5.82 Å². The van der Waals surface area contributed by atoms with Crippen molar-refractivity contribution >= 4 is 5.91 Å². The number of benzene rings is 1. The monoisotopic (exact) mass is 361 g/mol. The van der Waals surface area contributed by atoms with Crippen molar-refractivity contribution < 1.29 is 18.4 Å². The maximum Gasteiger partial charge on any atom is 0.257 e. The van der Waals surface area contributed by atoms with Crippen LogP contribution in [0.25, 0.3) is 11.5 Å². The van der Waals surface area contributed by atoms with E-state index >= 15 is 0 Å². The molecule has 0 N–H and O–H groups in total. The fourth-order valence-electron chi connectivity index (χ4n) is 3.21. The zero-order valence-electron chi connectivity index (χ0n) is 15.0.